The SMILES string of the molecule is O=C(Cc1c(F)cccc1Cl)c1ncccc1Br. The standard InChI is InChI=1S/C13H8BrClFNO/c14-9-3-2-6-17-13(9)12(18)7-8-10(15)4-1-5-11(8)16/h1-6H,7H2. The number of benzene rings is 1. The van der Waals surface area contributed by atoms with Crippen molar-refractivity contribution in [3.8, 4) is 0 Å². The molecule has 5 heteroatoms. The molecule has 0 aliphatic rings. The number of carbonyl (C=O) groups is 1. The second-order valence-corrected chi connectivity index (χ2v) is 4.90. The zero-order valence-electron chi connectivity index (χ0n) is 9.16. The van der Waals surface area contributed by atoms with Gasteiger partial charge in [-0.05, 0) is 40.2 Å². The summed E-state index contributed by atoms with van der Waals surface area (Å²) in [5, 5.41) is 0.246. The number of halogens is 3. The fourth-order valence-corrected chi connectivity index (χ4v) is 2.24. The Kier molecular flexibility index (Phi) is 4.09. The Balaban J connectivity index is 2.30. The highest BCUT2D eigenvalue weighted by Gasteiger charge is 2.16. The van der Waals surface area contributed by atoms with Crippen LogP contribution in [0.3, 0.4) is 0 Å². The quantitative estimate of drug-likeness (QED) is 0.795. The molecule has 2 nitrogen and oxygen atoms in total. The van der Waals surface area contributed by atoms with Crippen LogP contribution in [0.5, 0.6) is 0 Å². The van der Waals surface area contributed by atoms with E-state index in [-0.39, 0.29) is 28.5 Å². The maximum atomic E-state index is 13.6. The molecule has 0 aliphatic heterocycles. The van der Waals surface area contributed by atoms with E-state index >= 15 is 0 Å². The summed E-state index contributed by atoms with van der Waals surface area (Å²) in [6.07, 6.45) is 1.40. The van der Waals surface area contributed by atoms with Crippen molar-refractivity contribution in [3.63, 3.8) is 0 Å². The fraction of sp³-hybridized carbons (Fsp3) is 0.0769. The summed E-state index contributed by atoms with van der Waals surface area (Å²) in [6.45, 7) is 0. The number of hydrogen-bond donors (Lipinski definition) is 0. The maximum Gasteiger partial charge on any atom is 0.186 e. The first-order chi connectivity index (χ1) is 8.59. The first-order valence-corrected chi connectivity index (χ1v) is 6.33. The second-order valence-electron chi connectivity index (χ2n) is 3.63. The molecule has 0 unspecified atom stereocenters. The molecule has 2 rings (SSSR count). The van der Waals surface area contributed by atoms with E-state index in [1.165, 1.54) is 18.3 Å². The zero-order valence-corrected chi connectivity index (χ0v) is 11.5. The Hall–Kier alpha value is -1.26. The van der Waals surface area contributed by atoms with E-state index < -0.39 is 5.82 Å². The monoisotopic (exact) mass is 327 g/mol. The van der Waals surface area contributed by atoms with Crippen LogP contribution < -0.4 is 0 Å². The number of nitrogens with zero attached hydrogens (tertiary/aromatic N) is 1. The Morgan fingerprint density at radius 1 is 1.33 bits per heavy atom. The third-order valence-corrected chi connectivity index (χ3v) is 3.42. The smallest absolute Gasteiger partial charge is 0.186 e. The van der Waals surface area contributed by atoms with Crippen molar-refractivity contribution >= 4 is 33.3 Å². The highest BCUT2D eigenvalue weighted by Crippen LogP contribution is 2.22. The van der Waals surface area contributed by atoms with Gasteiger partial charge in [0.2, 0.25) is 0 Å². The number of carbonyl (C=O) groups excluding carboxylic acids is 1. The Labute approximate surface area is 117 Å². The van der Waals surface area contributed by atoms with Gasteiger partial charge in [-0.15, -0.1) is 0 Å². The second kappa shape index (κ2) is 5.59. The molecular formula is C13H8BrClFNO. The molecule has 1 heterocycles. The lowest BCUT2D eigenvalue weighted by molar-refractivity contribution is 0.0986. The van der Waals surface area contributed by atoms with Crippen LogP contribution in [0, 0.1) is 5.82 Å². The molecule has 1 aromatic carbocycles. The van der Waals surface area contributed by atoms with Crippen LogP contribution in [0.15, 0.2) is 41.0 Å². The molecule has 0 bridgehead atoms. The summed E-state index contributed by atoms with van der Waals surface area (Å²) in [5.74, 6) is -0.766. The normalized spacial score (nSPS) is 10.4. The van der Waals surface area contributed by atoms with Gasteiger partial charge in [-0.1, -0.05) is 17.7 Å². The Morgan fingerprint density at radius 2 is 2.11 bits per heavy atom. The van der Waals surface area contributed by atoms with Crippen molar-refractivity contribution in [1.29, 1.82) is 0 Å². The molecule has 0 spiro atoms. The molecule has 0 saturated heterocycles. The molecule has 2 aromatic rings. The minimum Gasteiger partial charge on any atom is -0.292 e. The topological polar surface area (TPSA) is 30.0 Å². The molecule has 0 aliphatic carbocycles. The highest BCUT2D eigenvalue weighted by atomic mass is 79.9. The fourth-order valence-electron chi connectivity index (χ4n) is 1.54. The Morgan fingerprint density at radius 3 is 2.78 bits per heavy atom. The number of ketones is 1. The van der Waals surface area contributed by atoms with Gasteiger partial charge in [0, 0.05) is 27.7 Å². The predicted octanol–water partition coefficient (Wildman–Crippen LogP) is 4.06. The number of Topliss-reactive ketones (excluding diaryl/α,β-unsaturated/α-hetero) is 1. The first-order valence-electron chi connectivity index (χ1n) is 5.16. The third-order valence-electron chi connectivity index (χ3n) is 2.42. The molecule has 0 saturated carbocycles. The molecular weight excluding hydrogens is 321 g/mol. The average Bonchev–Trinajstić information content (AvgIpc) is 2.34. The predicted molar refractivity (Wildman–Crippen MR) is 71.4 cm³/mol. The summed E-state index contributed by atoms with van der Waals surface area (Å²) >= 11 is 9.11. The zero-order chi connectivity index (χ0) is 13.1. The molecule has 0 fully saturated rings. The summed E-state index contributed by atoms with van der Waals surface area (Å²) in [6, 6.07) is 7.76. The van der Waals surface area contributed by atoms with E-state index in [2.05, 4.69) is 20.9 Å². The van der Waals surface area contributed by atoms with Crippen molar-refractivity contribution in [2.45, 2.75) is 6.42 Å². The van der Waals surface area contributed by atoms with Crippen LogP contribution in [0.2, 0.25) is 5.02 Å². The van der Waals surface area contributed by atoms with E-state index in [1.807, 2.05) is 0 Å². The van der Waals surface area contributed by atoms with E-state index in [0.717, 1.165) is 0 Å². The van der Waals surface area contributed by atoms with Crippen molar-refractivity contribution < 1.29 is 9.18 Å². The first kappa shape index (κ1) is 13.2. The summed E-state index contributed by atoms with van der Waals surface area (Å²) in [7, 11) is 0. The van der Waals surface area contributed by atoms with Gasteiger partial charge in [0.05, 0.1) is 0 Å². The van der Waals surface area contributed by atoms with Gasteiger partial charge < -0.3 is 0 Å². The molecule has 92 valence electrons. The molecule has 0 atom stereocenters. The van der Waals surface area contributed by atoms with Crippen LogP contribution in [0.1, 0.15) is 16.1 Å². The minimum atomic E-state index is -0.483. The lowest BCUT2D eigenvalue weighted by Gasteiger charge is -2.05. The number of rotatable bonds is 3. The van der Waals surface area contributed by atoms with Crippen molar-refractivity contribution in [1.82, 2.24) is 4.98 Å². The van der Waals surface area contributed by atoms with Crippen LogP contribution in [-0.4, -0.2) is 10.8 Å². The summed E-state index contributed by atoms with van der Waals surface area (Å²) in [5.41, 5.74) is 0.471. The highest BCUT2D eigenvalue weighted by molar-refractivity contribution is 9.10. The molecule has 18 heavy (non-hydrogen) atoms. The van der Waals surface area contributed by atoms with Gasteiger partial charge in [0.25, 0.3) is 0 Å². The number of hydrogen-bond acceptors (Lipinski definition) is 2. The van der Waals surface area contributed by atoms with Crippen LogP contribution in [0.4, 0.5) is 4.39 Å². The van der Waals surface area contributed by atoms with Gasteiger partial charge in [0.15, 0.2) is 5.78 Å². The van der Waals surface area contributed by atoms with Crippen LogP contribution in [-0.2, 0) is 6.42 Å². The van der Waals surface area contributed by atoms with Gasteiger partial charge in [-0.2, -0.15) is 0 Å². The Bertz CT molecular complexity index is 583. The summed E-state index contributed by atoms with van der Waals surface area (Å²) in [4.78, 5) is 16.0. The average molecular weight is 329 g/mol. The third kappa shape index (κ3) is 2.76. The van der Waals surface area contributed by atoms with Gasteiger partial charge in [0.1, 0.15) is 11.5 Å². The van der Waals surface area contributed by atoms with Crippen LogP contribution in [0.25, 0.3) is 0 Å². The molecule has 1 aromatic heterocycles. The number of pyridine rings is 1. The lowest BCUT2D eigenvalue weighted by Crippen LogP contribution is -2.08. The van der Waals surface area contributed by atoms with Crippen molar-refractivity contribution in [3.05, 3.63) is 63.1 Å². The maximum absolute atomic E-state index is 13.6. The molecule has 0 N–H and O–H groups in total. The van der Waals surface area contributed by atoms with E-state index in [1.54, 1.807) is 18.2 Å². The van der Waals surface area contributed by atoms with E-state index in [9.17, 15) is 9.18 Å². The van der Waals surface area contributed by atoms with E-state index in [0.29, 0.717) is 4.47 Å². The molecule has 0 radical (unpaired) electrons. The van der Waals surface area contributed by atoms with Crippen molar-refractivity contribution in [2.24, 2.45) is 0 Å². The minimum absolute atomic E-state index is 0.110. The van der Waals surface area contributed by atoms with Gasteiger partial charge in [-0.3, -0.25) is 9.78 Å². The number of aromatic nitrogens is 1. The van der Waals surface area contributed by atoms with E-state index in [4.69, 9.17) is 11.6 Å². The largest absolute Gasteiger partial charge is 0.292 e. The van der Waals surface area contributed by atoms with Crippen molar-refractivity contribution in [2.75, 3.05) is 0 Å². The molecule has 0 amide bonds. The van der Waals surface area contributed by atoms with Gasteiger partial charge >= 0.3 is 0 Å². The van der Waals surface area contributed by atoms with Gasteiger partial charge in [-0.25, -0.2) is 4.39 Å². The summed E-state index contributed by atoms with van der Waals surface area (Å²) < 4.78 is 14.1. The van der Waals surface area contributed by atoms with Crippen LogP contribution >= 0.6 is 27.5 Å². The lowest BCUT2D eigenvalue weighted by atomic mass is 10.1.